The van der Waals surface area contributed by atoms with Crippen molar-refractivity contribution >= 4 is 35.1 Å². The monoisotopic (exact) mass is 261 g/mol. The standard InChI is InChI=1S/C10H9Cl2NO3/c1-5(10(15)16)13-9(14)8-6(11)3-2-4-7(8)12/h2-5H,1H3,(H,13,14)(H,15,16)/t5-/m1/s1. The van der Waals surface area contributed by atoms with Gasteiger partial charge in [0.05, 0.1) is 15.6 Å². The number of carboxylic acids is 1. The first-order chi connectivity index (χ1) is 7.43. The van der Waals surface area contributed by atoms with E-state index < -0.39 is 17.9 Å². The molecule has 0 saturated heterocycles. The minimum atomic E-state index is -1.13. The molecule has 86 valence electrons. The predicted molar refractivity (Wildman–Crippen MR) is 61.0 cm³/mol. The summed E-state index contributed by atoms with van der Waals surface area (Å²) in [6, 6.07) is 3.61. The van der Waals surface area contributed by atoms with Gasteiger partial charge in [0.1, 0.15) is 6.04 Å². The van der Waals surface area contributed by atoms with E-state index in [0.29, 0.717) is 0 Å². The van der Waals surface area contributed by atoms with E-state index >= 15 is 0 Å². The summed E-state index contributed by atoms with van der Waals surface area (Å²) in [5.74, 6) is -1.73. The lowest BCUT2D eigenvalue weighted by molar-refractivity contribution is -0.138. The second kappa shape index (κ2) is 5.18. The highest BCUT2D eigenvalue weighted by Crippen LogP contribution is 2.23. The van der Waals surface area contributed by atoms with E-state index in [4.69, 9.17) is 28.3 Å². The Morgan fingerprint density at radius 2 is 1.81 bits per heavy atom. The summed E-state index contributed by atoms with van der Waals surface area (Å²) in [5.41, 5.74) is 0.0823. The van der Waals surface area contributed by atoms with Crippen LogP contribution in [0.15, 0.2) is 18.2 Å². The van der Waals surface area contributed by atoms with Crippen LogP contribution in [0.5, 0.6) is 0 Å². The number of halogens is 2. The highest BCUT2D eigenvalue weighted by atomic mass is 35.5. The molecule has 0 saturated carbocycles. The normalized spacial score (nSPS) is 11.9. The van der Waals surface area contributed by atoms with Gasteiger partial charge in [0, 0.05) is 0 Å². The lowest BCUT2D eigenvalue weighted by Crippen LogP contribution is -2.38. The third-order valence-electron chi connectivity index (χ3n) is 1.91. The zero-order chi connectivity index (χ0) is 12.3. The Morgan fingerprint density at radius 3 is 2.25 bits per heavy atom. The van der Waals surface area contributed by atoms with Crippen molar-refractivity contribution in [1.29, 1.82) is 0 Å². The van der Waals surface area contributed by atoms with Crippen LogP contribution >= 0.6 is 23.2 Å². The number of amides is 1. The molecular weight excluding hydrogens is 253 g/mol. The average Bonchev–Trinajstić information content (AvgIpc) is 2.16. The summed E-state index contributed by atoms with van der Waals surface area (Å²) < 4.78 is 0. The van der Waals surface area contributed by atoms with Gasteiger partial charge in [-0.2, -0.15) is 0 Å². The van der Waals surface area contributed by atoms with Crippen LogP contribution in [-0.2, 0) is 4.79 Å². The van der Waals surface area contributed by atoms with Crippen LogP contribution in [0, 0.1) is 0 Å². The fourth-order valence-corrected chi connectivity index (χ4v) is 1.61. The van der Waals surface area contributed by atoms with E-state index in [9.17, 15) is 9.59 Å². The van der Waals surface area contributed by atoms with E-state index in [2.05, 4.69) is 5.32 Å². The summed E-state index contributed by atoms with van der Waals surface area (Å²) in [7, 11) is 0. The zero-order valence-electron chi connectivity index (χ0n) is 8.33. The van der Waals surface area contributed by atoms with Gasteiger partial charge < -0.3 is 10.4 Å². The summed E-state index contributed by atoms with van der Waals surface area (Å²) >= 11 is 11.6. The van der Waals surface area contributed by atoms with Crippen LogP contribution in [0.25, 0.3) is 0 Å². The maximum atomic E-state index is 11.7. The lowest BCUT2D eigenvalue weighted by atomic mass is 10.2. The molecule has 0 bridgehead atoms. The molecule has 4 nitrogen and oxygen atoms in total. The van der Waals surface area contributed by atoms with Gasteiger partial charge in [-0.25, -0.2) is 0 Å². The quantitative estimate of drug-likeness (QED) is 0.877. The Bertz CT molecular complexity index is 414. The Hall–Kier alpha value is -1.26. The molecule has 0 aliphatic rings. The first-order valence-electron chi connectivity index (χ1n) is 4.41. The number of hydrogen-bond donors (Lipinski definition) is 2. The third-order valence-corrected chi connectivity index (χ3v) is 2.54. The van der Waals surface area contributed by atoms with Gasteiger partial charge in [0.25, 0.3) is 5.91 Å². The molecule has 0 aliphatic heterocycles. The highest BCUT2D eigenvalue weighted by molar-refractivity contribution is 6.39. The summed E-state index contributed by atoms with van der Waals surface area (Å²) in [6.07, 6.45) is 0. The van der Waals surface area contributed by atoms with Crippen LogP contribution < -0.4 is 5.32 Å². The Kier molecular flexibility index (Phi) is 4.15. The minimum absolute atomic E-state index is 0.0823. The molecule has 6 heteroatoms. The van der Waals surface area contributed by atoms with E-state index in [1.165, 1.54) is 19.1 Å². The number of aliphatic carboxylic acids is 1. The number of carbonyl (C=O) groups excluding carboxylic acids is 1. The second-order valence-corrected chi connectivity index (χ2v) is 3.94. The molecule has 2 N–H and O–H groups in total. The van der Waals surface area contributed by atoms with Gasteiger partial charge >= 0.3 is 5.97 Å². The molecule has 1 aromatic carbocycles. The van der Waals surface area contributed by atoms with Crippen molar-refractivity contribution < 1.29 is 14.7 Å². The van der Waals surface area contributed by atoms with Crippen molar-refractivity contribution in [3.63, 3.8) is 0 Å². The molecule has 0 radical (unpaired) electrons. The van der Waals surface area contributed by atoms with Crippen molar-refractivity contribution in [2.75, 3.05) is 0 Å². The van der Waals surface area contributed by atoms with Crippen molar-refractivity contribution in [1.82, 2.24) is 5.32 Å². The molecule has 0 heterocycles. The largest absolute Gasteiger partial charge is 0.480 e. The van der Waals surface area contributed by atoms with E-state index in [1.54, 1.807) is 6.07 Å². The number of hydrogen-bond acceptors (Lipinski definition) is 2. The molecule has 1 aromatic rings. The number of rotatable bonds is 3. The summed E-state index contributed by atoms with van der Waals surface area (Å²) in [5, 5.41) is 11.3. The van der Waals surface area contributed by atoms with Gasteiger partial charge in [-0.05, 0) is 19.1 Å². The SMILES string of the molecule is C[C@@H](NC(=O)c1c(Cl)cccc1Cl)C(=O)O. The van der Waals surface area contributed by atoms with E-state index in [-0.39, 0.29) is 15.6 Å². The third kappa shape index (κ3) is 2.87. The molecule has 0 spiro atoms. The van der Waals surface area contributed by atoms with Crippen molar-refractivity contribution in [2.45, 2.75) is 13.0 Å². The summed E-state index contributed by atoms with van der Waals surface area (Å²) in [4.78, 5) is 22.2. The van der Waals surface area contributed by atoms with E-state index in [0.717, 1.165) is 0 Å². The van der Waals surface area contributed by atoms with Crippen LogP contribution in [0.3, 0.4) is 0 Å². The van der Waals surface area contributed by atoms with Crippen molar-refractivity contribution in [3.8, 4) is 0 Å². The van der Waals surface area contributed by atoms with Crippen LogP contribution in [0.4, 0.5) is 0 Å². The van der Waals surface area contributed by atoms with Gasteiger partial charge in [0.2, 0.25) is 0 Å². The first kappa shape index (κ1) is 12.8. The van der Waals surface area contributed by atoms with Gasteiger partial charge in [-0.15, -0.1) is 0 Å². The molecule has 1 amide bonds. The van der Waals surface area contributed by atoms with Gasteiger partial charge in [-0.3, -0.25) is 9.59 Å². The second-order valence-electron chi connectivity index (χ2n) is 3.13. The maximum Gasteiger partial charge on any atom is 0.325 e. The topological polar surface area (TPSA) is 66.4 Å². The molecule has 0 unspecified atom stereocenters. The molecule has 0 fully saturated rings. The van der Waals surface area contributed by atoms with Crippen LogP contribution in [0.2, 0.25) is 10.0 Å². The molecule has 16 heavy (non-hydrogen) atoms. The van der Waals surface area contributed by atoms with Gasteiger partial charge in [-0.1, -0.05) is 29.3 Å². The lowest BCUT2D eigenvalue weighted by Gasteiger charge is -2.11. The molecule has 0 aliphatic carbocycles. The predicted octanol–water partition coefficient (Wildman–Crippen LogP) is 2.20. The highest BCUT2D eigenvalue weighted by Gasteiger charge is 2.19. The number of nitrogens with one attached hydrogen (secondary N) is 1. The smallest absolute Gasteiger partial charge is 0.325 e. The van der Waals surface area contributed by atoms with Crippen molar-refractivity contribution in [3.05, 3.63) is 33.8 Å². The number of carbonyl (C=O) groups is 2. The maximum absolute atomic E-state index is 11.7. The van der Waals surface area contributed by atoms with Crippen molar-refractivity contribution in [2.24, 2.45) is 0 Å². The Balaban J connectivity index is 2.93. The Morgan fingerprint density at radius 1 is 1.31 bits per heavy atom. The molecule has 0 aromatic heterocycles. The number of carboxylic acid groups (broad SMARTS) is 1. The first-order valence-corrected chi connectivity index (χ1v) is 5.16. The summed E-state index contributed by atoms with van der Waals surface area (Å²) in [6.45, 7) is 1.35. The number of benzene rings is 1. The Labute approximate surface area is 102 Å². The minimum Gasteiger partial charge on any atom is -0.480 e. The fourth-order valence-electron chi connectivity index (χ4n) is 1.05. The molecule has 1 rings (SSSR count). The van der Waals surface area contributed by atoms with Gasteiger partial charge in [0.15, 0.2) is 0 Å². The molecular formula is C10H9Cl2NO3. The fraction of sp³-hybridized carbons (Fsp3) is 0.200. The van der Waals surface area contributed by atoms with Crippen LogP contribution in [0.1, 0.15) is 17.3 Å². The molecule has 1 atom stereocenters. The van der Waals surface area contributed by atoms with Crippen LogP contribution in [-0.4, -0.2) is 23.0 Å². The van der Waals surface area contributed by atoms with E-state index in [1.807, 2.05) is 0 Å². The average molecular weight is 262 g/mol. The zero-order valence-corrected chi connectivity index (χ0v) is 9.84.